The van der Waals surface area contributed by atoms with Gasteiger partial charge in [-0.15, -0.1) is 0 Å². The van der Waals surface area contributed by atoms with Crippen LogP contribution in [0.4, 0.5) is 4.39 Å². The maximum absolute atomic E-state index is 13.0. The van der Waals surface area contributed by atoms with Crippen molar-refractivity contribution in [2.75, 3.05) is 33.5 Å². The number of methoxy groups -OCH3 is 1. The highest BCUT2D eigenvalue weighted by molar-refractivity contribution is 9.10. The first-order valence-corrected chi connectivity index (χ1v) is 6.61. The molecular weight excluding hydrogens is 303 g/mol. The Kier molecular flexibility index (Phi) is 8.17. The zero-order chi connectivity index (χ0) is 13.2. The van der Waals surface area contributed by atoms with Crippen LogP contribution in [0, 0.1) is 5.82 Å². The van der Waals surface area contributed by atoms with Gasteiger partial charge in [0.1, 0.15) is 5.82 Å². The van der Waals surface area contributed by atoms with Gasteiger partial charge in [-0.1, -0.05) is 6.07 Å². The molecule has 0 saturated heterocycles. The topological polar surface area (TPSA) is 27.7 Å². The van der Waals surface area contributed by atoms with E-state index < -0.39 is 0 Å². The quantitative estimate of drug-likeness (QED) is 0.654. The second-order valence-corrected chi connectivity index (χ2v) is 4.61. The van der Waals surface area contributed by atoms with Crippen LogP contribution < -0.4 is 0 Å². The van der Waals surface area contributed by atoms with E-state index in [4.69, 9.17) is 14.2 Å². The van der Waals surface area contributed by atoms with Gasteiger partial charge in [0.05, 0.1) is 24.3 Å². The average molecular weight is 321 g/mol. The molecule has 0 unspecified atom stereocenters. The Balaban J connectivity index is 2.05. The lowest BCUT2D eigenvalue weighted by Gasteiger charge is -2.06. The van der Waals surface area contributed by atoms with Gasteiger partial charge < -0.3 is 14.2 Å². The number of hydrogen-bond acceptors (Lipinski definition) is 3. The van der Waals surface area contributed by atoms with Gasteiger partial charge in [0.15, 0.2) is 0 Å². The number of benzene rings is 1. The lowest BCUT2D eigenvalue weighted by Crippen LogP contribution is -2.05. The van der Waals surface area contributed by atoms with E-state index in [2.05, 4.69) is 15.9 Å². The first-order valence-electron chi connectivity index (χ1n) is 5.82. The smallest absolute Gasteiger partial charge is 0.137 e. The molecule has 0 aliphatic rings. The van der Waals surface area contributed by atoms with Crippen LogP contribution in [0.2, 0.25) is 0 Å². The second-order valence-electron chi connectivity index (χ2n) is 3.76. The Morgan fingerprint density at radius 3 is 2.61 bits per heavy atom. The summed E-state index contributed by atoms with van der Waals surface area (Å²) in [5.41, 5.74) is 0.948. The van der Waals surface area contributed by atoms with Crippen LogP contribution in [0.25, 0.3) is 0 Å². The lowest BCUT2D eigenvalue weighted by atomic mass is 10.2. The summed E-state index contributed by atoms with van der Waals surface area (Å²) in [6, 6.07) is 4.87. The maximum atomic E-state index is 13.0. The SMILES string of the molecule is COCCOCCCOCc1ccc(F)c(Br)c1. The highest BCUT2D eigenvalue weighted by Gasteiger charge is 2.00. The molecule has 3 nitrogen and oxygen atoms in total. The molecular formula is C13H18BrFO3. The Morgan fingerprint density at radius 1 is 1.11 bits per heavy atom. The third-order valence-electron chi connectivity index (χ3n) is 2.26. The van der Waals surface area contributed by atoms with Gasteiger partial charge in [0, 0.05) is 20.3 Å². The molecule has 0 N–H and O–H groups in total. The molecule has 0 heterocycles. The number of rotatable bonds is 9. The van der Waals surface area contributed by atoms with Crippen molar-refractivity contribution >= 4 is 15.9 Å². The van der Waals surface area contributed by atoms with E-state index in [-0.39, 0.29) is 5.82 Å². The summed E-state index contributed by atoms with van der Waals surface area (Å²) >= 11 is 3.14. The summed E-state index contributed by atoms with van der Waals surface area (Å²) in [6.07, 6.45) is 0.839. The zero-order valence-electron chi connectivity index (χ0n) is 10.5. The van der Waals surface area contributed by atoms with Crippen molar-refractivity contribution in [2.24, 2.45) is 0 Å². The fourth-order valence-electron chi connectivity index (χ4n) is 1.33. The lowest BCUT2D eigenvalue weighted by molar-refractivity contribution is 0.0483. The molecule has 0 aliphatic carbocycles. The predicted octanol–water partition coefficient (Wildman–Crippen LogP) is 3.16. The average Bonchev–Trinajstić information content (AvgIpc) is 2.37. The highest BCUT2D eigenvalue weighted by atomic mass is 79.9. The minimum absolute atomic E-state index is 0.259. The van der Waals surface area contributed by atoms with Crippen LogP contribution in [-0.4, -0.2) is 33.5 Å². The Labute approximate surface area is 115 Å². The Hall–Kier alpha value is -0.490. The van der Waals surface area contributed by atoms with Crippen molar-refractivity contribution in [3.05, 3.63) is 34.1 Å². The van der Waals surface area contributed by atoms with Gasteiger partial charge in [-0.3, -0.25) is 0 Å². The predicted molar refractivity (Wildman–Crippen MR) is 71.1 cm³/mol. The molecule has 0 aromatic heterocycles. The Bertz CT molecular complexity index is 347. The fourth-order valence-corrected chi connectivity index (χ4v) is 1.75. The minimum Gasteiger partial charge on any atom is -0.382 e. The van der Waals surface area contributed by atoms with Gasteiger partial charge >= 0.3 is 0 Å². The van der Waals surface area contributed by atoms with Crippen molar-refractivity contribution in [3.63, 3.8) is 0 Å². The molecule has 0 spiro atoms. The molecule has 1 aromatic carbocycles. The molecule has 0 bridgehead atoms. The van der Waals surface area contributed by atoms with E-state index in [1.807, 2.05) is 0 Å². The van der Waals surface area contributed by atoms with E-state index in [1.54, 1.807) is 19.2 Å². The number of halogens is 2. The molecule has 1 rings (SSSR count). The van der Waals surface area contributed by atoms with Gasteiger partial charge in [-0.25, -0.2) is 4.39 Å². The van der Waals surface area contributed by atoms with E-state index in [1.165, 1.54) is 6.07 Å². The largest absolute Gasteiger partial charge is 0.382 e. The summed E-state index contributed by atoms with van der Waals surface area (Å²) in [5.74, 6) is -0.259. The van der Waals surface area contributed by atoms with Crippen molar-refractivity contribution in [1.82, 2.24) is 0 Å². The Morgan fingerprint density at radius 2 is 1.89 bits per heavy atom. The first-order chi connectivity index (χ1) is 8.74. The third-order valence-corrected chi connectivity index (χ3v) is 2.87. The number of hydrogen-bond donors (Lipinski definition) is 0. The fraction of sp³-hybridized carbons (Fsp3) is 0.538. The summed E-state index contributed by atoms with van der Waals surface area (Å²) in [6.45, 7) is 3.00. The van der Waals surface area contributed by atoms with E-state index in [0.29, 0.717) is 37.5 Å². The van der Waals surface area contributed by atoms with Gasteiger partial charge in [-0.05, 0) is 40.0 Å². The molecule has 18 heavy (non-hydrogen) atoms. The minimum atomic E-state index is -0.259. The molecule has 0 fully saturated rings. The summed E-state index contributed by atoms with van der Waals surface area (Å²) in [7, 11) is 1.65. The third kappa shape index (κ3) is 6.44. The molecule has 0 aliphatic heterocycles. The molecule has 0 amide bonds. The normalized spacial score (nSPS) is 10.8. The monoisotopic (exact) mass is 320 g/mol. The van der Waals surface area contributed by atoms with Gasteiger partial charge in [-0.2, -0.15) is 0 Å². The van der Waals surface area contributed by atoms with Crippen LogP contribution in [0.3, 0.4) is 0 Å². The molecule has 0 saturated carbocycles. The standard InChI is InChI=1S/C13H18BrFO3/c1-16-7-8-17-5-2-6-18-10-11-3-4-13(15)12(14)9-11/h3-4,9H,2,5-8,10H2,1H3. The van der Waals surface area contributed by atoms with Gasteiger partial charge in [0.2, 0.25) is 0 Å². The van der Waals surface area contributed by atoms with E-state index >= 15 is 0 Å². The second kappa shape index (κ2) is 9.44. The van der Waals surface area contributed by atoms with Crippen LogP contribution in [0.15, 0.2) is 22.7 Å². The molecule has 5 heteroatoms. The molecule has 102 valence electrons. The highest BCUT2D eigenvalue weighted by Crippen LogP contribution is 2.17. The van der Waals surface area contributed by atoms with E-state index in [0.717, 1.165) is 12.0 Å². The van der Waals surface area contributed by atoms with Crippen molar-refractivity contribution in [1.29, 1.82) is 0 Å². The van der Waals surface area contributed by atoms with Crippen molar-refractivity contribution < 1.29 is 18.6 Å². The van der Waals surface area contributed by atoms with Gasteiger partial charge in [0.25, 0.3) is 0 Å². The zero-order valence-corrected chi connectivity index (χ0v) is 12.0. The van der Waals surface area contributed by atoms with Crippen molar-refractivity contribution in [2.45, 2.75) is 13.0 Å². The van der Waals surface area contributed by atoms with Crippen LogP contribution >= 0.6 is 15.9 Å². The first kappa shape index (κ1) is 15.6. The molecule has 0 atom stereocenters. The van der Waals surface area contributed by atoms with Crippen molar-refractivity contribution in [3.8, 4) is 0 Å². The summed E-state index contributed by atoms with van der Waals surface area (Å²) in [4.78, 5) is 0. The van der Waals surface area contributed by atoms with Crippen LogP contribution in [0.5, 0.6) is 0 Å². The van der Waals surface area contributed by atoms with Crippen LogP contribution in [-0.2, 0) is 20.8 Å². The van der Waals surface area contributed by atoms with Crippen LogP contribution in [0.1, 0.15) is 12.0 Å². The molecule has 1 aromatic rings. The maximum Gasteiger partial charge on any atom is 0.137 e. The molecule has 0 radical (unpaired) electrons. The van der Waals surface area contributed by atoms with E-state index in [9.17, 15) is 4.39 Å². The summed E-state index contributed by atoms with van der Waals surface area (Å²) < 4.78 is 29.1. The number of ether oxygens (including phenoxy) is 3. The summed E-state index contributed by atoms with van der Waals surface area (Å²) in [5, 5.41) is 0.